The topological polar surface area (TPSA) is 73.9 Å². The maximum absolute atomic E-state index is 11.8. The highest BCUT2D eigenvalue weighted by Crippen LogP contribution is 2.26. The molecule has 1 N–H and O–H groups in total. The molecule has 0 fully saturated rings. The predicted octanol–water partition coefficient (Wildman–Crippen LogP) is 1.53. The third-order valence-corrected chi connectivity index (χ3v) is 2.66. The summed E-state index contributed by atoms with van der Waals surface area (Å²) in [5.74, 6) is 0.104. The Balaban J connectivity index is 2.59. The lowest BCUT2D eigenvalue weighted by molar-refractivity contribution is -0.149. The van der Waals surface area contributed by atoms with E-state index in [1.54, 1.807) is 32.0 Å². The second kappa shape index (κ2) is 7.52. The zero-order valence-corrected chi connectivity index (χ0v) is 12.8. The third kappa shape index (κ3) is 4.98. The van der Waals surface area contributed by atoms with Gasteiger partial charge in [-0.1, -0.05) is 12.1 Å². The summed E-state index contributed by atoms with van der Waals surface area (Å²) in [6, 6.07) is 7.07. The SMILES string of the molecule is CCOc1ccccc1OCC(=O)NC(C)(C)C(=O)OC. The van der Waals surface area contributed by atoms with Gasteiger partial charge in [0.15, 0.2) is 18.1 Å². The molecule has 0 atom stereocenters. The molecule has 1 amide bonds. The Morgan fingerprint density at radius 3 is 2.24 bits per heavy atom. The van der Waals surface area contributed by atoms with Gasteiger partial charge in [0.05, 0.1) is 13.7 Å². The summed E-state index contributed by atoms with van der Waals surface area (Å²) >= 11 is 0. The number of hydrogen-bond acceptors (Lipinski definition) is 5. The first kappa shape index (κ1) is 16.8. The van der Waals surface area contributed by atoms with Crippen LogP contribution in [0.5, 0.6) is 11.5 Å². The maximum Gasteiger partial charge on any atom is 0.330 e. The number of rotatable bonds is 7. The number of carbonyl (C=O) groups excluding carboxylic acids is 2. The minimum absolute atomic E-state index is 0.218. The predicted molar refractivity (Wildman–Crippen MR) is 77.3 cm³/mol. The Morgan fingerprint density at radius 2 is 1.71 bits per heavy atom. The smallest absolute Gasteiger partial charge is 0.330 e. The number of methoxy groups -OCH3 is 1. The average Bonchev–Trinajstić information content (AvgIpc) is 2.45. The Morgan fingerprint density at radius 1 is 1.14 bits per heavy atom. The molecule has 0 radical (unpaired) electrons. The Kier molecular flexibility index (Phi) is 6.02. The Hall–Kier alpha value is -2.24. The van der Waals surface area contributed by atoms with Gasteiger partial charge in [-0.2, -0.15) is 0 Å². The van der Waals surface area contributed by atoms with Crippen LogP contribution < -0.4 is 14.8 Å². The van der Waals surface area contributed by atoms with E-state index >= 15 is 0 Å². The van der Waals surface area contributed by atoms with E-state index in [0.29, 0.717) is 18.1 Å². The van der Waals surface area contributed by atoms with Crippen LogP contribution in [-0.4, -0.2) is 37.7 Å². The van der Waals surface area contributed by atoms with Crippen LogP contribution in [-0.2, 0) is 14.3 Å². The maximum atomic E-state index is 11.8. The molecule has 1 aromatic rings. The lowest BCUT2D eigenvalue weighted by Crippen LogP contribution is -2.51. The van der Waals surface area contributed by atoms with Crippen LogP contribution in [0.1, 0.15) is 20.8 Å². The molecule has 6 heteroatoms. The minimum atomic E-state index is -1.10. The molecular formula is C15H21NO5. The van der Waals surface area contributed by atoms with Crippen LogP contribution in [0, 0.1) is 0 Å². The van der Waals surface area contributed by atoms with Crippen LogP contribution in [0.3, 0.4) is 0 Å². The number of ether oxygens (including phenoxy) is 3. The van der Waals surface area contributed by atoms with Gasteiger partial charge >= 0.3 is 5.97 Å². The zero-order valence-electron chi connectivity index (χ0n) is 12.8. The number of para-hydroxylation sites is 2. The Labute approximate surface area is 124 Å². The molecule has 0 spiro atoms. The Bertz CT molecular complexity index is 499. The van der Waals surface area contributed by atoms with Gasteiger partial charge in [0, 0.05) is 0 Å². The van der Waals surface area contributed by atoms with Crippen molar-refractivity contribution in [2.24, 2.45) is 0 Å². The normalized spacial score (nSPS) is 10.7. The zero-order chi connectivity index (χ0) is 15.9. The number of esters is 1. The van der Waals surface area contributed by atoms with Crippen molar-refractivity contribution in [3.63, 3.8) is 0 Å². The summed E-state index contributed by atoms with van der Waals surface area (Å²) in [6.45, 7) is 5.27. The van der Waals surface area contributed by atoms with Gasteiger partial charge in [0.2, 0.25) is 0 Å². The molecule has 0 aliphatic carbocycles. The van der Waals surface area contributed by atoms with Crippen molar-refractivity contribution in [1.82, 2.24) is 5.32 Å². The van der Waals surface area contributed by atoms with Crippen LogP contribution in [0.25, 0.3) is 0 Å². The van der Waals surface area contributed by atoms with Gasteiger partial charge in [-0.25, -0.2) is 4.79 Å². The van der Waals surface area contributed by atoms with Gasteiger partial charge in [-0.05, 0) is 32.9 Å². The summed E-state index contributed by atoms with van der Waals surface area (Å²) in [5.41, 5.74) is -1.10. The van der Waals surface area contributed by atoms with E-state index < -0.39 is 17.4 Å². The molecule has 0 unspecified atom stereocenters. The van der Waals surface area contributed by atoms with E-state index in [0.717, 1.165) is 0 Å². The lowest BCUT2D eigenvalue weighted by Gasteiger charge is -2.23. The fourth-order valence-electron chi connectivity index (χ4n) is 1.68. The molecule has 0 aromatic heterocycles. The van der Waals surface area contributed by atoms with E-state index in [2.05, 4.69) is 10.1 Å². The monoisotopic (exact) mass is 295 g/mol. The largest absolute Gasteiger partial charge is 0.490 e. The molecule has 21 heavy (non-hydrogen) atoms. The highest BCUT2D eigenvalue weighted by molar-refractivity contribution is 5.87. The summed E-state index contributed by atoms with van der Waals surface area (Å²) in [7, 11) is 1.27. The molecule has 1 aromatic carbocycles. The first-order chi connectivity index (χ1) is 9.90. The number of carbonyl (C=O) groups is 2. The molecule has 1 rings (SSSR count). The van der Waals surface area contributed by atoms with E-state index in [9.17, 15) is 9.59 Å². The standard InChI is InChI=1S/C15H21NO5/c1-5-20-11-8-6-7-9-12(11)21-10-13(17)16-15(2,3)14(18)19-4/h6-9H,5,10H2,1-4H3,(H,16,17). The molecule has 116 valence electrons. The summed E-state index contributed by atoms with van der Waals surface area (Å²) in [6.07, 6.45) is 0. The van der Waals surface area contributed by atoms with Gasteiger partial charge in [0.1, 0.15) is 5.54 Å². The van der Waals surface area contributed by atoms with Crippen molar-refractivity contribution in [3.8, 4) is 11.5 Å². The number of nitrogens with one attached hydrogen (secondary N) is 1. The molecule has 0 saturated carbocycles. The number of amides is 1. The third-order valence-electron chi connectivity index (χ3n) is 2.66. The van der Waals surface area contributed by atoms with Crippen molar-refractivity contribution in [3.05, 3.63) is 24.3 Å². The van der Waals surface area contributed by atoms with Crippen molar-refractivity contribution < 1.29 is 23.8 Å². The quantitative estimate of drug-likeness (QED) is 0.772. The minimum Gasteiger partial charge on any atom is -0.490 e. The van der Waals surface area contributed by atoms with E-state index in [1.807, 2.05) is 13.0 Å². The molecule has 0 bridgehead atoms. The first-order valence-corrected chi connectivity index (χ1v) is 6.64. The second-order valence-electron chi connectivity index (χ2n) is 4.83. The first-order valence-electron chi connectivity index (χ1n) is 6.64. The molecule has 0 aliphatic heterocycles. The average molecular weight is 295 g/mol. The van der Waals surface area contributed by atoms with Gasteiger partial charge in [0.25, 0.3) is 5.91 Å². The van der Waals surface area contributed by atoms with Crippen LogP contribution in [0.2, 0.25) is 0 Å². The van der Waals surface area contributed by atoms with Gasteiger partial charge < -0.3 is 19.5 Å². The van der Waals surface area contributed by atoms with Gasteiger partial charge in [-0.15, -0.1) is 0 Å². The van der Waals surface area contributed by atoms with Crippen molar-refractivity contribution in [2.45, 2.75) is 26.3 Å². The van der Waals surface area contributed by atoms with Crippen molar-refractivity contribution >= 4 is 11.9 Å². The van der Waals surface area contributed by atoms with Crippen LogP contribution in [0.4, 0.5) is 0 Å². The van der Waals surface area contributed by atoms with E-state index in [1.165, 1.54) is 7.11 Å². The molecular weight excluding hydrogens is 274 g/mol. The highest BCUT2D eigenvalue weighted by atomic mass is 16.5. The van der Waals surface area contributed by atoms with Crippen LogP contribution >= 0.6 is 0 Å². The van der Waals surface area contributed by atoms with Crippen molar-refractivity contribution in [2.75, 3.05) is 20.3 Å². The fraction of sp³-hybridized carbons (Fsp3) is 0.467. The lowest BCUT2D eigenvalue weighted by atomic mass is 10.1. The van der Waals surface area contributed by atoms with Gasteiger partial charge in [-0.3, -0.25) is 4.79 Å². The molecule has 0 saturated heterocycles. The van der Waals surface area contributed by atoms with E-state index in [4.69, 9.17) is 9.47 Å². The molecule has 6 nitrogen and oxygen atoms in total. The fourth-order valence-corrected chi connectivity index (χ4v) is 1.68. The molecule has 0 aliphatic rings. The van der Waals surface area contributed by atoms with E-state index in [-0.39, 0.29) is 6.61 Å². The summed E-state index contributed by atoms with van der Waals surface area (Å²) < 4.78 is 15.4. The number of hydrogen-bond donors (Lipinski definition) is 1. The van der Waals surface area contributed by atoms with Crippen LogP contribution in [0.15, 0.2) is 24.3 Å². The highest BCUT2D eigenvalue weighted by Gasteiger charge is 2.30. The second-order valence-corrected chi connectivity index (χ2v) is 4.83. The molecule has 0 heterocycles. The number of benzene rings is 1. The summed E-state index contributed by atoms with van der Waals surface area (Å²) in [4.78, 5) is 23.3. The summed E-state index contributed by atoms with van der Waals surface area (Å²) in [5, 5.41) is 2.55. The van der Waals surface area contributed by atoms with Crippen molar-refractivity contribution in [1.29, 1.82) is 0 Å².